The van der Waals surface area contributed by atoms with E-state index in [9.17, 15) is 25.9 Å². The van der Waals surface area contributed by atoms with Gasteiger partial charge in [0.25, 0.3) is 0 Å². The molecule has 0 saturated heterocycles. The first kappa shape index (κ1) is 47.4. The van der Waals surface area contributed by atoms with Crippen LogP contribution in [0.3, 0.4) is 0 Å². The summed E-state index contributed by atoms with van der Waals surface area (Å²) in [4.78, 5) is -0.289. The molecule has 0 N–H and O–H groups in total. The first-order valence-corrected chi connectivity index (χ1v) is 19.3. The molecular formula is C35H56Na2O6S2. The Hall–Kier alpha value is 0.260. The quantitative estimate of drug-likeness (QED) is 0.112. The van der Waals surface area contributed by atoms with Gasteiger partial charge < -0.3 is 9.11 Å². The van der Waals surface area contributed by atoms with E-state index in [4.69, 9.17) is 0 Å². The molecule has 2 aromatic carbocycles. The summed E-state index contributed by atoms with van der Waals surface area (Å²) in [5.41, 5.74) is 2.21. The molecule has 0 aliphatic carbocycles. The second-order valence-electron chi connectivity index (χ2n) is 12.0. The van der Waals surface area contributed by atoms with Crippen LogP contribution in [0, 0.1) is 0 Å². The van der Waals surface area contributed by atoms with E-state index in [1.165, 1.54) is 121 Å². The summed E-state index contributed by atoms with van der Waals surface area (Å²) < 4.78 is 65.2. The van der Waals surface area contributed by atoms with Crippen LogP contribution >= 0.6 is 0 Å². The summed E-state index contributed by atoms with van der Waals surface area (Å²) >= 11 is 0. The fourth-order valence-corrected chi connectivity index (χ4v) is 6.19. The zero-order valence-corrected chi connectivity index (χ0v) is 34.7. The maximum absolute atomic E-state index is 10.9. The van der Waals surface area contributed by atoms with Gasteiger partial charge in [-0.25, -0.2) is 16.8 Å². The molecule has 0 saturated carbocycles. The molecular weight excluding hydrogens is 626 g/mol. The van der Waals surface area contributed by atoms with Gasteiger partial charge in [0, 0.05) is 0 Å². The van der Waals surface area contributed by atoms with Gasteiger partial charge in [0.15, 0.2) is 0 Å². The van der Waals surface area contributed by atoms with Gasteiger partial charge >= 0.3 is 59.1 Å². The smallest absolute Gasteiger partial charge is 0.744 e. The Morgan fingerprint density at radius 3 is 0.978 bits per heavy atom. The molecule has 0 aliphatic heterocycles. The molecule has 0 spiro atoms. The summed E-state index contributed by atoms with van der Waals surface area (Å²) in [6.07, 6.45) is 21.9. The van der Waals surface area contributed by atoms with Crippen molar-refractivity contribution in [1.29, 1.82) is 0 Å². The van der Waals surface area contributed by atoms with Crippen molar-refractivity contribution in [3.63, 3.8) is 0 Å². The summed E-state index contributed by atoms with van der Waals surface area (Å²) in [6.45, 7) is 8.74. The van der Waals surface area contributed by atoms with Gasteiger partial charge in [0.05, 0.1) is 9.79 Å². The zero-order valence-electron chi connectivity index (χ0n) is 29.1. The van der Waals surface area contributed by atoms with Gasteiger partial charge in [-0.05, 0) is 60.1 Å². The predicted octanol–water partition coefficient (Wildman–Crippen LogP) is 4.07. The minimum atomic E-state index is -4.33. The van der Waals surface area contributed by atoms with Crippen molar-refractivity contribution in [1.82, 2.24) is 0 Å². The first-order valence-electron chi connectivity index (χ1n) is 16.5. The van der Waals surface area contributed by atoms with E-state index >= 15 is 0 Å². The molecule has 0 heterocycles. The third kappa shape index (κ3) is 22.5. The number of hydrogen-bond donors (Lipinski definition) is 0. The van der Waals surface area contributed by atoms with E-state index in [0.29, 0.717) is 11.8 Å². The average molecular weight is 683 g/mol. The second-order valence-corrected chi connectivity index (χ2v) is 14.8. The van der Waals surface area contributed by atoms with Crippen molar-refractivity contribution in [2.24, 2.45) is 0 Å². The Morgan fingerprint density at radius 1 is 0.467 bits per heavy atom. The third-order valence-corrected chi connectivity index (χ3v) is 9.91. The van der Waals surface area contributed by atoms with Crippen molar-refractivity contribution >= 4 is 20.2 Å². The SMILES string of the molecule is CCCCCCC(C)c1ccc(S(=O)(=O)[O-])cc1.CCCCCCCCCCCCCC(C)c1ccc(S(=O)(=O)[O-])cc1.[Na+].[Na+]. The van der Waals surface area contributed by atoms with E-state index in [1.807, 2.05) is 0 Å². The van der Waals surface area contributed by atoms with E-state index in [1.54, 1.807) is 24.3 Å². The molecule has 2 unspecified atom stereocenters. The molecule has 0 radical (unpaired) electrons. The van der Waals surface area contributed by atoms with Crippen LogP contribution in [-0.4, -0.2) is 25.9 Å². The van der Waals surface area contributed by atoms with Gasteiger partial charge in [0.1, 0.15) is 20.2 Å². The van der Waals surface area contributed by atoms with E-state index < -0.39 is 20.2 Å². The molecule has 0 fully saturated rings. The summed E-state index contributed by atoms with van der Waals surface area (Å²) in [7, 11) is -8.65. The van der Waals surface area contributed by atoms with Crippen LogP contribution in [0.1, 0.15) is 160 Å². The van der Waals surface area contributed by atoms with Crippen LogP contribution < -0.4 is 59.1 Å². The summed E-state index contributed by atoms with van der Waals surface area (Å²) in [6, 6.07) is 12.7. The van der Waals surface area contributed by atoms with E-state index in [2.05, 4.69) is 27.7 Å². The van der Waals surface area contributed by atoms with Crippen LogP contribution in [0.5, 0.6) is 0 Å². The third-order valence-electron chi connectivity index (χ3n) is 8.21. The molecule has 2 aromatic rings. The van der Waals surface area contributed by atoms with Crippen molar-refractivity contribution in [3.05, 3.63) is 59.7 Å². The van der Waals surface area contributed by atoms with Crippen LogP contribution in [0.15, 0.2) is 58.3 Å². The molecule has 0 amide bonds. The largest absolute Gasteiger partial charge is 1.00 e. The molecule has 0 bridgehead atoms. The zero-order chi connectivity index (χ0) is 32.1. The summed E-state index contributed by atoms with van der Waals surface area (Å²) in [5, 5.41) is 0. The number of rotatable bonds is 21. The molecule has 246 valence electrons. The minimum Gasteiger partial charge on any atom is -0.744 e. The molecule has 0 aliphatic rings. The fourth-order valence-electron chi connectivity index (χ4n) is 5.25. The fraction of sp³-hybridized carbons (Fsp3) is 0.657. The number of benzene rings is 2. The van der Waals surface area contributed by atoms with E-state index in [0.717, 1.165) is 24.0 Å². The van der Waals surface area contributed by atoms with Crippen LogP contribution in [0.4, 0.5) is 0 Å². The normalized spacial score (nSPS) is 12.7. The van der Waals surface area contributed by atoms with Crippen LogP contribution in [-0.2, 0) is 20.2 Å². The van der Waals surface area contributed by atoms with E-state index in [-0.39, 0.29) is 68.9 Å². The van der Waals surface area contributed by atoms with Gasteiger partial charge in [0.2, 0.25) is 0 Å². The number of unbranched alkanes of at least 4 members (excludes halogenated alkanes) is 13. The van der Waals surface area contributed by atoms with Gasteiger partial charge in [-0.1, -0.05) is 148 Å². The molecule has 45 heavy (non-hydrogen) atoms. The molecule has 2 rings (SSSR count). The maximum Gasteiger partial charge on any atom is 1.00 e. The Morgan fingerprint density at radius 2 is 0.711 bits per heavy atom. The van der Waals surface area contributed by atoms with Crippen molar-refractivity contribution < 1.29 is 85.1 Å². The Balaban J connectivity index is 0. The maximum atomic E-state index is 10.9. The molecule has 10 heteroatoms. The first-order chi connectivity index (χ1) is 20.4. The Kier molecular flexibility index (Phi) is 28.6. The van der Waals surface area contributed by atoms with Crippen LogP contribution in [0.25, 0.3) is 0 Å². The number of hydrogen-bond acceptors (Lipinski definition) is 6. The topological polar surface area (TPSA) is 114 Å². The minimum absolute atomic E-state index is 0. The predicted molar refractivity (Wildman–Crippen MR) is 175 cm³/mol. The van der Waals surface area contributed by atoms with Crippen molar-refractivity contribution in [3.8, 4) is 0 Å². The summed E-state index contributed by atoms with van der Waals surface area (Å²) in [5.74, 6) is 0.812. The van der Waals surface area contributed by atoms with Crippen molar-refractivity contribution in [2.45, 2.75) is 158 Å². The Bertz CT molecular complexity index is 1200. The van der Waals surface area contributed by atoms with Gasteiger partial charge in [-0.2, -0.15) is 0 Å². The average Bonchev–Trinajstić information content (AvgIpc) is 2.97. The monoisotopic (exact) mass is 682 g/mol. The van der Waals surface area contributed by atoms with Crippen molar-refractivity contribution in [2.75, 3.05) is 0 Å². The van der Waals surface area contributed by atoms with Gasteiger partial charge in [-0.15, -0.1) is 0 Å². The Labute approximate surface area is 320 Å². The van der Waals surface area contributed by atoms with Crippen LogP contribution in [0.2, 0.25) is 0 Å². The second kappa shape index (κ2) is 27.1. The molecule has 2 atom stereocenters. The molecule has 0 aromatic heterocycles. The molecule has 6 nitrogen and oxygen atoms in total. The standard InChI is InChI=1S/C21H36O3S.C14H22O3S.2Na/c1-3-4-5-6-7-8-9-10-11-12-13-14-19(2)20-15-17-21(18-16-20)25(22,23)24;1-3-4-5-6-7-12(2)13-8-10-14(11-9-13)18(15,16)17;;/h15-19H,3-14H2,1-2H3,(H,22,23,24);8-12H,3-7H2,1-2H3,(H,15,16,17);;/q;;2*+1/p-2. The van der Waals surface area contributed by atoms with Gasteiger partial charge in [-0.3, -0.25) is 0 Å².